The van der Waals surface area contributed by atoms with Crippen molar-refractivity contribution in [3.8, 4) is 0 Å². The van der Waals surface area contributed by atoms with Crippen LogP contribution in [0.2, 0.25) is 0 Å². The van der Waals surface area contributed by atoms with Gasteiger partial charge in [0.1, 0.15) is 0 Å². The molecule has 4 nitrogen and oxygen atoms in total. The zero-order valence-corrected chi connectivity index (χ0v) is 10.00. The molecule has 4 heteroatoms. The van der Waals surface area contributed by atoms with Crippen molar-refractivity contribution in [1.29, 1.82) is 0 Å². The maximum atomic E-state index is 11.6. The Bertz CT molecular complexity index is 237. The van der Waals surface area contributed by atoms with E-state index >= 15 is 0 Å². The van der Waals surface area contributed by atoms with Crippen LogP contribution in [0.25, 0.3) is 0 Å². The van der Waals surface area contributed by atoms with Gasteiger partial charge in [-0.05, 0) is 38.5 Å². The summed E-state index contributed by atoms with van der Waals surface area (Å²) < 4.78 is 5.49. The Hall–Kier alpha value is -0.610. The molecular weight excluding hydrogens is 204 g/mol. The maximum Gasteiger partial charge on any atom is 0.237 e. The van der Waals surface area contributed by atoms with Gasteiger partial charge in [0.2, 0.25) is 5.91 Å². The van der Waals surface area contributed by atoms with Gasteiger partial charge in [-0.3, -0.25) is 4.79 Å². The van der Waals surface area contributed by atoms with Crippen molar-refractivity contribution in [3.63, 3.8) is 0 Å². The van der Waals surface area contributed by atoms with Gasteiger partial charge in [-0.25, -0.2) is 0 Å². The molecule has 0 saturated heterocycles. The highest BCUT2D eigenvalue weighted by molar-refractivity contribution is 5.81. The Morgan fingerprint density at radius 3 is 2.75 bits per heavy atom. The third-order valence-corrected chi connectivity index (χ3v) is 3.06. The van der Waals surface area contributed by atoms with Gasteiger partial charge in [-0.1, -0.05) is 0 Å². The number of amides is 1. The van der Waals surface area contributed by atoms with Crippen LogP contribution < -0.4 is 10.6 Å². The second-order valence-electron chi connectivity index (χ2n) is 4.98. The fraction of sp³-hybridized carbons (Fsp3) is 0.917. The second kappa shape index (κ2) is 5.64. The van der Waals surface area contributed by atoms with Crippen molar-refractivity contribution in [2.75, 3.05) is 19.8 Å². The lowest BCUT2D eigenvalue weighted by atomic mass is 10.3. The molecule has 0 heterocycles. The highest BCUT2D eigenvalue weighted by Gasteiger charge is 2.25. The minimum Gasteiger partial charge on any atom is -0.380 e. The summed E-state index contributed by atoms with van der Waals surface area (Å²) >= 11 is 0. The van der Waals surface area contributed by atoms with Crippen molar-refractivity contribution in [3.05, 3.63) is 0 Å². The monoisotopic (exact) mass is 226 g/mol. The number of rotatable bonds is 8. The van der Waals surface area contributed by atoms with E-state index in [-0.39, 0.29) is 11.9 Å². The predicted molar refractivity (Wildman–Crippen MR) is 62.2 cm³/mol. The van der Waals surface area contributed by atoms with Crippen LogP contribution in [0.4, 0.5) is 0 Å². The molecule has 0 bridgehead atoms. The number of carbonyl (C=O) groups is 1. The summed E-state index contributed by atoms with van der Waals surface area (Å²) in [4.78, 5) is 11.6. The Kier molecular flexibility index (Phi) is 4.18. The van der Waals surface area contributed by atoms with Gasteiger partial charge in [0.05, 0.1) is 12.6 Å². The van der Waals surface area contributed by atoms with Crippen molar-refractivity contribution >= 4 is 5.91 Å². The van der Waals surface area contributed by atoms with Gasteiger partial charge in [0.15, 0.2) is 0 Å². The van der Waals surface area contributed by atoms with Gasteiger partial charge in [0.25, 0.3) is 0 Å². The SMILES string of the molecule is CC(NCCOCC1CC1)C(=O)NC1CC1. The molecule has 0 spiro atoms. The predicted octanol–water partition coefficient (Wildman–Crippen LogP) is 0.670. The second-order valence-corrected chi connectivity index (χ2v) is 4.98. The number of hydrogen-bond acceptors (Lipinski definition) is 3. The topological polar surface area (TPSA) is 50.4 Å². The average Bonchev–Trinajstić information content (AvgIpc) is 3.11. The smallest absolute Gasteiger partial charge is 0.237 e. The van der Waals surface area contributed by atoms with E-state index in [1.54, 1.807) is 0 Å². The third kappa shape index (κ3) is 4.49. The zero-order valence-electron chi connectivity index (χ0n) is 10.00. The zero-order chi connectivity index (χ0) is 11.4. The van der Waals surface area contributed by atoms with Crippen LogP contribution in [0.5, 0.6) is 0 Å². The number of hydrogen-bond donors (Lipinski definition) is 2. The standard InChI is InChI=1S/C12H22N2O2/c1-9(12(15)14-11-4-5-11)13-6-7-16-8-10-2-3-10/h9-11,13H,2-8H2,1H3,(H,14,15). The molecule has 0 aliphatic heterocycles. The fourth-order valence-corrected chi connectivity index (χ4v) is 1.53. The van der Waals surface area contributed by atoms with Gasteiger partial charge < -0.3 is 15.4 Å². The van der Waals surface area contributed by atoms with E-state index in [9.17, 15) is 4.79 Å². The van der Waals surface area contributed by atoms with E-state index in [1.807, 2.05) is 6.92 Å². The molecular formula is C12H22N2O2. The van der Waals surface area contributed by atoms with E-state index in [4.69, 9.17) is 4.74 Å². The van der Waals surface area contributed by atoms with Gasteiger partial charge >= 0.3 is 0 Å². The molecule has 92 valence electrons. The van der Waals surface area contributed by atoms with Crippen LogP contribution in [-0.4, -0.2) is 37.7 Å². The fourth-order valence-electron chi connectivity index (χ4n) is 1.53. The Morgan fingerprint density at radius 1 is 1.38 bits per heavy atom. The normalized spacial score (nSPS) is 21.8. The molecule has 2 rings (SSSR count). The maximum absolute atomic E-state index is 11.6. The molecule has 2 aliphatic carbocycles. The summed E-state index contributed by atoms with van der Waals surface area (Å²) in [6.45, 7) is 4.26. The summed E-state index contributed by atoms with van der Waals surface area (Å²) in [7, 11) is 0. The largest absolute Gasteiger partial charge is 0.380 e. The average molecular weight is 226 g/mol. The third-order valence-electron chi connectivity index (χ3n) is 3.06. The van der Waals surface area contributed by atoms with Gasteiger partial charge in [-0.2, -0.15) is 0 Å². The van der Waals surface area contributed by atoms with Crippen LogP contribution in [-0.2, 0) is 9.53 Å². The van der Waals surface area contributed by atoms with Crippen molar-refractivity contribution in [2.24, 2.45) is 5.92 Å². The molecule has 0 aromatic rings. The molecule has 2 aliphatic rings. The highest BCUT2D eigenvalue weighted by Crippen LogP contribution is 2.28. The summed E-state index contributed by atoms with van der Waals surface area (Å²) in [6.07, 6.45) is 4.94. The van der Waals surface area contributed by atoms with Crippen LogP contribution in [0.1, 0.15) is 32.6 Å². The molecule has 0 aromatic carbocycles. The molecule has 2 N–H and O–H groups in total. The minimum absolute atomic E-state index is 0.106. The first-order valence-corrected chi connectivity index (χ1v) is 6.37. The summed E-state index contributed by atoms with van der Waals surface area (Å²) in [5.74, 6) is 0.931. The van der Waals surface area contributed by atoms with Gasteiger partial charge in [0, 0.05) is 19.2 Å². The molecule has 2 fully saturated rings. The van der Waals surface area contributed by atoms with E-state index in [0.717, 1.165) is 31.9 Å². The first-order valence-electron chi connectivity index (χ1n) is 6.37. The molecule has 0 radical (unpaired) electrons. The Balaban J connectivity index is 1.45. The molecule has 16 heavy (non-hydrogen) atoms. The molecule has 2 saturated carbocycles. The van der Waals surface area contributed by atoms with E-state index in [0.29, 0.717) is 12.6 Å². The molecule has 1 atom stereocenters. The lowest BCUT2D eigenvalue weighted by molar-refractivity contribution is -0.122. The number of carbonyl (C=O) groups excluding carboxylic acids is 1. The number of ether oxygens (including phenoxy) is 1. The van der Waals surface area contributed by atoms with Crippen LogP contribution in [0.3, 0.4) is 0 Å². The summed E-state index contributed by atoms with van der Waals surface area (Å²) in [6, 6.07) is 0.341. The first-order chi connectivity index (χ1) is 7.75. The Labute approximate surface area is 97.1 Å². The van der Waals surface area contributed by atoms with Crippen molar-refractivity contribution in [2.45, 2.75) is 44.7 Å². The first kappa shape index (κ1) is 11.9. The summed E-state index contributed by atoms with van der Waals surface area (Å²) in [5, 5.41) is 6.15. The van der Waals surface area contributed by atoms with Crippen molar-refractivity contribution in [1.82, 2.24) is 10.6 Å². The van der Waals surface area contributed by atoms with E-state index in [2.05, 4.69) is 10.6 Å². The molecule has 1 amide bonds. The van der Waals surface area contributed by atoms with E-state index in [1.165, 1.54) is 12.8 Å². The van der Waals surface area contributed by atoms with E-state index < -0.39 is 0 Å². The number of nitrogens with one attached hydrogen (secondary N) is 2. The summed E-state index contributed by atoms with van der Waals surface area (Å²) in [5.41, 5.74) is 0. The van der Waals surface area contributed by atoms with Gasteiger partial charge in [-0.15, -0.1) is 0 Å². The highest BCUT2D eigenvalue weighted by atomic mass is 16.5. The minimum atomic E-state index is -0.106. The lowest BCUT2D eigenvalue weighted by Crippen LogP contribution is -2.44. The van der Waals surface area contributed by atoms with Crippen LogP contribution in [0.15, 0.2) is 0 Å². The quantitative estimate of drug-likeness (QED) is 0.598. The van der Waals surface area contributed by atoms with Crippen LogP contribution in [0, 0.1) is 5.92 Å². The van der Waals surface area contributed by atoms with Crippen LogP contribution >= 0.6 is 0 Å². The molecule has 1 unspecified atom stereocenters. The van der Waals surface area contributed by atoms with Crippen molar-refractivity contribution < 1.29 is 9.53 Å². The Morgan fingerprint density at radius 2 is 2.12 bits per heavy atom. The molecule has 0 aromatic heterocycles. The lowest BCUT2D eigenvalue weighted by Gasteiger charge is -2.13.